The highest BCUT2D eigenvalue weighted by atomic mass is 16.1. The van der Waals surface area contributed by atoms with Gasteiger partial charge in [0.15, 0.2) is 0 Å². The predicted octanol–water partition coefficient (Wildman–Crippen LogP) is 2.73. The van der Waals surface area contributed by atoms with E-state index in [0.717, 1.165) is 16.8 Å². The summed E-state index contributed by atoms with van der Waals surface area (Å²) in [7, 11) is 0. The van der Waals surface area contributed by atoms with Crippen molar-refractivity contribution in [2.24, 2.45) is 5.73 Å². The molecular weight excluding hydrogens is 238 g/mol. The number of anilines is 3. The molecule has 1 amide bonds. The molecule has 0 unspecified atom stereocenters. The molecule has 2 aromatic carbocycles. The van der Waals surface area contributed by atoms with Gasteiger partial charge in [0.25, 0.3) is 5.91 Å². The van der Waals surface area contributed by atoms with Crippen molar-refractivity contribution in [3.05, 3.63) is 53.1 Å². The topological polar surface area (TPSA) is 81.1 Å². The van der Waals surface area contributed by atoms with Crippen LogP contribution in [0.5, 0.6) is 0 Å². The number of benzene rings is 2. The normalized spacial score (nSPS) is 10.2. The Hall–Kier alpha value is -2.49. The lowest BCUT2D eigenvalue weighted by atomic mass is 10.1. The van der Waals surface area contributed by atoms with E-state index in [-0.39, 0.29) is 0 Å². The monoisotopic (exact) mass is 255 g/mol. The van der Waals surface area contributed by atoms with Crippen LogP contribution in [0.1, 0.15) is 21.5 Å². The molecule has 0 spiro atoms. The van der Waals surface area contributed by atoms with Gasteiger partial charge in [-0.25, -0.2) is 0 Å². The third-order valence-electron chi connectivity index (χ3n) is 3.11. The van der Waals surface area contributed by atoms with E-state index < -0.39 is 5.91 Å². The van der Waals surface area contributed by atoms with Gasteiger partial charge in [-0.3, -0.25) is 4.79 Å². The molecule has 0 bridgehead atoms. The van der Waals surface area contributed by atoms with Crippen molar-refractivity contribution in [2.75, 3.05) is 11.1 Å². The number of nitrogens with two attached hydrogens (primary N) is 2. The van der Waals surface area contributed by atoms with E-state index in [1.165, 1.54) is 0 Å². The molecule has 98 valence electrons. The van der Waals surface area contributed by atoms with Crippen molar-refractivity contribution in [1.29, 1.82) is 0 Å². The van der Waals surface area contributed by atoms with Crippen LogP contribution in [0.25, 0.3) is 0 Å². The van der Waals surface area contributed by atoms with Gasteiger partial charge in [0.2, 0.25) is 0 Å². The Morgan fingerprint density at radius 1 is 1.05 bits per heavy atom. The number of para-hydroxylation sites is 2. The summed E-state index contributed by atoms with van der Waals surface area (Å²) in [4.78, 5) is 11.3. The van der Waals surface area contributed by atoms with Crippen LogP contribution in [0.15, 0.2) is 36.4 Å². The standard InChI is InChI=1S/C15H17N3O/c1-9-5-3-6-10(2)14(9)18-12-8-4-7-11(13(12)16)15(17)19/h3-8,18H,16H2,1-2H3,(H2,17,19). The van der Waals surface area contributed by atoms with E-state index >= 15 is 0 Å². The fourth-order valence-corrected chi connectivity index (χ4v) is 2.04. The zero-order valence-electron chi connectivity index (χ0n) is 11.0. The quantitative estimate of drug-likeness (QED) is 0.737. The molecule has 0 heterocycles. The summed E-state index contributed by atoms with van der Waals surface area (Å²) in [6, 6.07) is 11.2. The number of hydrogen-bond acceptors (Lipinski definition) is 3. The van der Waals surface area contributed by atoms with Crippen molar-refractivity contribution >= 4 is 23.0 Å². The van der Waals surface area contributed by atoms with E-state index in [0.29, 0.717) is 16.9 Å². The summed E-state index contributed by atoms with van der Waals surface area (Å²) in [6.45, 7) is 4.03. The average molecular weight is 255 g/mol. The first-order valence-corrected chi connectivity index (χ1v) is 6.02. The molecule has 0 radical (unpaired) electrons. The first-order chi connectivity index (χ1) is 9.00. The first-order valence-electron chi connectivity index (χ1n) is 6.02. The maximum Gasteiger partial charge on any atom is 0.250 e. The fraction of sp³-hybridized carbons (Fsp3) is 0.133. The minimum Gasteiger partial charge on any atom is -0.396 e. The summed E-state index contributed by atoms with van der Waals surface area (Å²) in [6.07, 6.45) is 0. The number of nitrogen functional groups attached to an aromatic ring is 1. The predicted molar refractivity (Wildman–Crippen MR) is 78.6 cm³/mol. The number of hydrogen-bond donors (Lipinski definition) is 3. The number of primary amides is 1. The Labute approximate surface area is 112 Å². The number of rotatable bonds is 3. The van der Waals surface area contributed by atoms with E-state index in [2.05, 4.69) is 5.32 Å². The number of carbonyl (C=O) groups excluding carboxylic acids is 1. The maximum atomic E-state index is 11.3. The van der Waals surface area contributed by atoms with Crippen LogP contribution in [-0.2, 0) is 0 Å². The largest absolute Gasteiger partial charge is 0.396 e. The fourth-order valence-electron chi connectivity index (χ4n) is 2.04. The lowest BCUT2D eigenvalue weighted by molar-refractivity contribution is 0.100. The summed E-state index contributed by atoms with van der Waals surface area (Å²) in [5, 5.41) is 3.27. The van der Waals surface area contributed by atoms with Gasteiger partial charge in [-0.05, 0) is 37.1 Å². The zero-order chi connectivity index (χ0) is 14.0. The summed E-state index contributed by atoms with van der Waals surface area (Å²) in [5.41, 5.74) is 15.9. The van der Waals surface area contributed by atoms with Crippen molar-refractivity contribution in [2.45, 2.75) is 13.8 Å². The van der Waals surface area contributed by atoms with Gasteiger partial charge in [-0.1, -0.05) is 24.3 Å². The molecule has 2 aromatic rings. The Morgan fingerprint density at radius 2 is 1.63 bits per heavy atom. The van der Waals surface area contributed by atoms with Crippen molar-refractivity contribution < 1.29 is 4.79 Å². The summed E-state index contributed by atoms with van der Waals surface area (Å²) in [5.74, 6) is -0.525. The van der Waals surface area contributed by atoms with Gasteiger partial charge < -0.3 is 16.8 Å². The van der Waals surface area contributed by atoms with E-state index in [1.54, 1.807) is 12.1 Å². The minimum absolute atomic E-state index is 0.330. The molecular formula is C15H17N3O. The van der Waals surface area contributed by atoms with Crippen LogP contribution in [0.3, 0.4) is 0 Å². The average Bonchev–Trinajstić information content (AvgIpc) is 2.35. The molecule has 0 aliphatic heterocycles. The minimum atomic E-state index is -0.525. The lowest BCUT2D eigenvalue weighted by Gasteiger charge is -2.15. The van der Waals surface area contributed by atoms with E-state index in [1.807, 2.05) is 38.1 Å². The van der Waals surface area contributed by atoms with Gasteiger partial charge in [0, 0.05) is 5.69 Å². The summed E-state index contributed by atoms with van der Waals surface area (Å²) >= 11 is 0. The van der Waals surface area contributed by atoms with Gasteiger partial charge >= 0.3 is 0 Å². The lowest BCUT2D eigenvalue weighted by Crippen LogP contribution is -2.14. The number of aryl methyl sites for hydroxylation is 2. The first kappa shape index (κ1) is 13.0. The number of nitrogens with one attached hydrogen (secondary N) is 1. The van der Waals surface area contributed by atoms with Crippen LogP contribution in [0, 0.1) is 13.8 Å². The molecule has 4 nitrogen and oxygen atoms in total. The van der Waals surface area contributed by atoms with Gasteiger partial charge in [0.05, 0.1) is 16.9 Å². The van der Waals surface area contributed by atoms with Crippen molar-refractivity contribution in [3.63, 3.8) is 0 Å². The van der Waals surface area contributed by atoms with E-state index in [9.17, 15) is 4.79 Å². The molecule has 4 heteroatoms. The number of carbonyl (C=O) groups is 1. The highest BCUT2D eigenvalue weighted by molar-refractivity contribution is 6.01. The third-order valence-corrected chi connectivity index (χ3v) is 3.11. The van der Waals surface area contributed by atoms with Crippen molar-refractivity contribution in [1.82, 2.24) is 0 Å². The highest BCUT2D eigenvalue weighted by Gasteiger charge is 2.10. The summed E-state index contributed by atoms with van der Waals surface area (Å²) < 4.78 is 0. The molecule has 0 saturated heterocycles. The van der Waals surface area contributed by atoms with Crippen LogP contribution >= 0.6 is 0 Å². The Kier molecular flexibility index (Phi) is 3.42. The van der Waals surface area contributed by atoms with Gasteiger partial charge in [-0.15, -0.1) is 0 Å². The molecule has 19 heavy (non-hydrogen) atoms. The van der Waals surface area contributed by atoms with Gasteiger partial charge in [-0.2, -0.15) is 0 Å². The second kappa shape index (κ2) is 5.02. The number of amides is 1. The van der Waals surface area contributed by atoms with Crippen LogP contribution in [0.2, 0.25) is 0 Å². The van der Waals surface area contributed by atoms with E-state index in [4.69, 9.17) is 11.5 Å². The molecule has 0 aromatic heterocycles. The highest BCUT2D eigenvalue weighted by Crippen LogP contribution is 2.29. The zero-order valence-corrected chi connectivity index (χ0v) is 11.0. The van der Waals surface area contributed by atoms with Crippen LogP contribution in [0.4, 0.5) is 17.1 Å². The van der Waals surface area contributed by atoms with Crippen LogP contribution < -0.4 is 16.8 Å². The maximum absolute atomic E-state index is 11.3. The van der Waals surface area contributed by atoms with Gasteiger partial charge in [0.1, 0.15) is 0 Å². The second-order valence-corrected chi connectivity index (χ2v) is 4.52. The molecule has 2 rings (SSSR count). The van der Waals surface area contributed by atoms with Crippen molar-refractivity contribution in [3.8, 4) is 0 Å². The molecule has 0 saturated carbocycles. The molecule has 0 fully saturated rings. The second-order valence-electron chi connectivity index (χ2n) is 4.52. The molecule has 0 aliphatic carbocycles. The Balaban J connectivity index is 2.45. The molecule has 0 atom stereocenters. The van der Waals surface area contributed by atoms with Crippen LogP contribution in [-0.4, -0.2) is 5.91 Å². The Morgan fingerprint density at radius 3 is 2.21 bits per heavy atom. The third kappa shape index (κ3) is 2.52. The Bertz CT molecular complexity index is 615. The molecule has 0 aliphatic rings. The molecule has 5 N–H and O–H groups in total. The smallest absolute Gasteiger partial charge is 0.250 e. The SMILES string of the molecule is Cc1cccc(C)c1Nc1cccc(C(N)=O)c1N.